The maximum atomic E-state index is 12.4. The molecule has 3 aromatic carbocycles. The van der Waals surface area contributed by atoms with Crippen LogP contribution < -0.4 is 30.3 Å². The van der Waals surface area contributed by atoms with Crippen LogP contribution >= 0.6 is 15.9 Å². The molecule has 0 bridgehead atoms. The van der Waals surface area contributed by atoms with Crippen LogP contribution in [-0.4, -0.2) is 54.8 Å². The molecule has 14 nitrogen and oxygen atoms in total. The minimum absolute atomic E-state index is 0.0822. The number of hydrogen-bond donors (Lipinski definition) is 4. The van der Waals surface area contributed by atoms with Crippen molar-refractivity contribution in [3.63, 3.8) is 0 Å². The zero-order valence-corrected chi connectivity index (χ0v) is 26.7. The molecule has 242 valence electrons. The summed E-state index contributed by atoms with van der Waals surface area (Å²) in [4.78, 5) is 35.8. The molecule has 4 rings (SSSR count). The molecule has 0 radical (unpaired) electrons. The van der Waals surface area contributed by atoms with Crippen molar-refractivity contribution in [1.29, 1.82) is 0 Å². The first-order valence-electron chi connectivity index (χ1n) is 14.0. The van der Waals surface area contributed by atoms with Gasteiger partial charge in [0.1, 0.15) is 13.2 Å². The summed E-state index contributed by atoms with van der Waals surface area (Å²) in [6.07, 6.45) is 0.0434. The number of amides is 2. The quantitative estimate of drug-likeness (QED) is 0.0617. The van der Waals surface area contributed by atoms with Crippen molar-refractivity contribution in [2.45, 2.75) is 32.7 Å². The van der Waals surface area contributed by atoms with Gasteiger partial charge < -0.3 is 34.7 Å². The summed E-state index contributed by atoms with van der Waals surface area (Å²) < 4.78 is 22.5. The number of hydrazone groups is 1. The number of carbonyl (C=O) groups is 2. The monoisotopic (exact) mass is 697 g/mol. The number of urea groups is 1. The summed E-state index contributed by atoms with van der Waals surface area (Å²) >= 11 is 3.34. The molecule has 0 fully saturated rings. The van der Waals surface area contributed by atoms with Crippen LogP contribution in [0.25, 0.3) is 0 Å². The molecular weight excluding hydrogens is 666 g/mol. The number of carbonyl (C=O) groups excluding carboxylic acids is 2. The van der Waals surface area contributed by atoms with Crippen LogP contribution in [0.2, 0.25) is 0 Å². The van der Waals surface area contributed by atoms with Gasteiger partial charge in [0.05, 0.1) is 40.9 Å². The minimum Gasteiger partial charge on any atom is -0.490 e. The van der Waals surface area contributed by atoms with Crippen LogP contribution in [0.4, 0.5) is 10.5 Å². The van der Waals surface area contributed by atoms with E-state index in [4.69, 9.17) is 18.9 Å². The third-order valence-corrected chi connectivity index (χ3v) is 7.17. The standard InChI is InChI=1S/C31H32BrN5O9/c1-4-44-25-14-21(28-27(30(39)43-3)18(2)34-31(40)35-28)10-11-24(25)45-17-26(38)36-33-15-20-12-22(32)29(23(13-20)37(41)42)46-16-19-8-6-5-7-9-19/h5-15,26,28,36,38H,4,16-17H2,1-3H3,(H2,34,35,40)/b33-15+/t26-,28+/m1/s1. The SMILES string of the molecule is CCOc1cc([C@@H]2NC(=O)NC(C)=C2C(=O)OC)ccc1OC[C@@H](O)N/N=C/c1cc(Br)c(OCc2ccccc2)c([N+](=O)[O-])c1. The number of benzene rings is 3. The van der Waals surface area contributed by atoms with Crippen LogP contribution in [0, 0.1) is 10.1 Å². The van der Waals surface area contributed by atoms with Crippen molar-refractivity contribution in [2.75, 3.05) is 20.3 Å². The Labute approximate surface area is 272 Å². The van der Waals surface area contributed by atoms with E-state index >= 15 is 0 Å². The number of rotatable bonds is 14. The van der Waals surface area contributed by atoms with Crippen LogP contribution in [0.3, 0.4) is 0 Å². The summed E-state index contributed by atoms with van der Waals surface area (Å²) in [6.45, 7) is 3.58. The molecule has 46 heavy (non-hydrogen) atoms. The fraction of sp³-hybridized carbons (Fsp3) is 0.258. The smallest absolute Gasteiger partial charge is 0.337 e. The van der Waals surface area contributed by atoms with Crippen molar-refractivity contribution in [1.82, 2.24) is 16.1 Å². The van der Waals surface area contributed by atoms with Gasteiger partial charge in [-0.25, -0.2) is 9.59 Å². The summed E-state index contributed by atoms with van der Waals surface area (Å²) in [5.41, 5.74) is 4.64. The van der Waals surface area contributed by atoms with E-state index in [-0.39, 0.29) is 30.2 Å². The van der Waals surface area contributed by atoms with Crippen molar-refractivity contribution in [3.05, 3.63) is 103 Å². The molecule has 0 spiro atoms. The lowest BCUT2D eigenvalue weighted by molar-refractivity contribution is -0.386. The van der Waals surface area contributed by atoms with E-state index in [1.54, 1.807) is 38.1 Å². The molecule has 3 aromatic rings. The molecule has 1 aliphatic heterocycles. The molecule has 0 aromatic heterocycles. The number of nitrogens with zero attached hydrogens (tertiary/aromatic N) is 2. The fourth-order valence-electron chi connectivity index (χ4n) is 4.50. The number of aliphatic hydroxyl groups excluding tert-OH is 1. The predicted octanol–water partition coefficient (Wildman–Crippen LogP) is 4.46. The lowest BCUT2D eigenvalue weighted by atomic mass is 9.95. The number of nitro benzene ring substituents is 1. The van der Waals surface area contributed by atoms with Crippen molar-refractivity contribution >= 4 is 39.8 Å². The third-order valence-electron chi connectivity index (χ3n) is 6.58. The van der Waals surface area contributed by atoms with Gasteiger partial charge in [-0.3, -0.25) is 15.5 Å². The summed E-state index contributed by atoms with van der Waals surface area (Å²) in [7, 11) is 1.25. The largest absolute Gasteiger partial charge is 0.490 e. The summed E-state index contributed by atoms with van der Waals surface area (Å²) in [6, 6.07) is 15.8. The molecular formula is C31H32BrN5O9. The second-order valence-electron chi connectivity index (χ2n) is 9.80. The Morgan fingerprint density at radius 1 is 1.15 bits per heavy atom. The fourth-order valence-corrected chi connectivity index (χ4v) is 5.08. The second kappa shape index (κ2) is 15.7. The molecule has 1 aliphatic rings. The van der Waals surface area contributed by atoms with E-state index in [1.165, 1.54) is 19.4 Å². The van der Waals surface area contributed by atoms with Gasteiger partial charge in [-0.15, -0.1) is 0 Å². The highest BCUT2D eigenvalue weighted by molar-refractivity contribution is 9.10. The number of nitrogens with one attached hydrogen (secondary N) is 3. The van der Waals surface area contributed by atoms with E-state index in [0.717, 1.165) is 5.56 Å². The predicted molar refractivity (Wildman–Crippen MR) is 171 cm³/mol. The normalized spacial score (nSPS) is 15.1. The molecule has 1 heterocycles. The van der Waals surface area contributed by atoms with E-state index < -0.39 is 29.2 Å². The van der Waals surface area contributed by atoms with Gasteiger partial charge >= 0.3 is 17.7 Å². The number of aliphatic hydroxyl groups is 1. The molecule has 2 atom stereocenters. The van der Waals surface area contributed by atoms with Crippen molar-refractivity contribution in [2.24, 2.45) is 5.10 Å². The Morgan fingerprint density at radius 3 is 2.61 bits per heavy atom. The number of allylic oxidation sites excluding steroid dienone is 1. The highest BCUT2D eigenvalue weighted by Gasteiger charge is 2.32. The molecule has 0 aliphatic carbocycles. The van der Waals surface area contributed by atoms with Gasteiger partial charge in [0, 0.05) is 17.3 Å². The number of methoxy groups -OCH3 is 1. The van der Waals surface area contributed by atoms with E-state index in [2.05, 4.69) is 37.1 Å². The maximum Gasteiger partial charge on any atom is 0.337 e. The molecule has 2 amide bonds. The lowest BCUT2D eigenvalue weighted by Crippen LogP contribution is -2.45. The summed E-state index contributed by atoms with van der Waals surface area (Å²) in [5, 5.41) is 31.4. The second-order valence-corrected chi connectivity index (χ2v) is 10.7. The van der Waals surface area contributed by atoms with Crippen LogP contribution in [0.15, 0.2) is 81.5 Å². The maximum absolute atomic E-state index is 12.4. The van der Waals surface area contributed by atoms with Gasteiger partial charge in [0.15, 0.2) is 17.7 Å². The highest BCUT2D eigenvalue weighted by Crippen LogP contribution is 2.37. The van der Waals surface area contributed by atoms with Crippen molar-refractivity contribution in [3.8, 4) is 17.2 Å². The first kappa shape index (κ1) is 33.7. The topological polar surface area (TPSA) is 183 Å². The van der Waals surface area contributed by atoms with E-state index in [9.17, 15) is 24.8 Å². The summed E-state index contributed by atoms with van der Waals surface area (Å²) in [5.74, 6) is 0.0924. The van der Waals surface area contributed by atoms with Crippen LogP contribution in [-0.2, 0) is 16.1 Å². The third kappa shape index (κ3) is 8.51. The molecule has 0 saturated heterocycles. The Bertz CT molecular complexity index is 1650. The number of hydrogen-bond acceptors (Lipinski definition) is 11. The number of ether oxygens (including phenoxy) is 4. The van der Waals surface area contributed by atoms with Gasteiger partial charge in [-0.1, -0.05) is 36.4 Å². The first-order valence-corrected chi connectivity index (χ1v) is 14.8. The number of halogens is 1. The zero-order valence-electron chi connectivity index (χ0n) is 25.1. The Balaban J connectivity index is 1.41. The van der Waals surface area contributed by atoms with Crippen molar-refractivity contribution < 1.29 is 38.6 Å². The average molecular weight is 699 g/mol. The average Bonchev–Trinajstić information content (AvgIpc) is 3.03. The van der Waals surface area contributed by atoms with Gasteiger partial charge in [0.25, 0.3) is 0 Å². The van der Waals surface area contributed by atoms with Gasteiger partial charge in [0.2, 0.25) is 5.75 Å². The molecule has 15 heteroatoms. The number of esters is 1. The Morgan fingerprint density at radius 2 is 1.91 bits per heavy atom. The molecule has 0 unspecified atom stereocenters. The van der Waals surface area contributed by atoms with Gasteiger partial charge in [-0.05, 0) is 59.1 Å². The van der Waals surface area contributed by atoms with Crippen LogP contribution in [0.1, 0.15) is 36.6 Å². The first-order chi connectivity index (χ1) is 22.1. The zero-order chi connectivity index (χ0) is 33.2. The van der Waals surface area contributed by atoms with Gasteiger partial charge in [-0.2, -0.15) is 5.10 Å². The highest BCUT2D eigenvalue weighted by atomic mass is 79.9. The minimum atomic E-state index is -1.27. The molecule has 0 saturated carbocycles. The Hall–Kier alpha value is -5.15. The Kier molecular flexibility index (Phi) is 11.5. The number of nitro groups is 1. The lowest BCUT2D eigenvalue weighted by Gasteiger charge is -2.28. The van der Waals surface area contributed by atoms with E-state index in [0.29, 0.717) is 39.4 Å². The van der Waals surface area contributed by atoms with E-state index in [1.807, 2.05) is 30.3 Å². The molecule has 4 N–H and O–H groups in total. The van der Waals surface area contributed by atoms with Crippen LogP contribution in [0.5, 0.6) is 17.2 Å².